The minimum absolute atomic E-state index is 0.0165. The molecule has 0 bridgehead atoms. The summed E-state index contributed by atoms with van der Waals surface area (Å²) < 4.78 is 11.9. The van der Waals surface area contributed by atoms with Crippen molar-refractivity contribution >= 4 is 23.7 Å². The molecule has 10 heteroatoms. The Morgan fingerprint density at radius 1 is 1.11 bits per heavy atom. The van der Waals surface area contributed by atoms with Crippen LogP contribution in [0.5, 0.6) is 0 Å². The van der Waals surface area contributed by atoms with Crippen LogP contribution in [0.25, 0.3) is 12.0 Å². The monoisotopic (exact) mass is 375 g/mol. The lowest BCUT2D eigenvalue weighted by Gasteiger charge is -2.05. The van der Waals surface area contributed by atoms with Crippen molar-refractivity contribution in [1.82, 2.24) is 0 Å². The van der Waals surface area contributed by atoms with Crippen LogP contribution in [-0.4, -0.2) is 16.4 Å². The fraction of sp³-hybridized carbons (Fsp3) is 0.111. The minimum atomic E-state index is -0.390. The second-order valence-corrected chi connectivity index (χ2v) is 6.19. The molecule has 4 heterocycles. The van der Waals surface area contributed by atoms with Gasteiger partial charge in [-0.3, -0.25) is 0 Å². The lowest BCUT2D eigenvalue weighted by Crippen LogP contribution is -2.19. The van der Waals surface area contributed by atoms with Gasteiger partial charge in [0.2, 0.25) is 0 Å². The average Bonchev–Trinajstić information content (AvgIpc) is 3.47. The number of fused-ring (bicyclic) bond motifs is 1. The van der Waals surface area contributed by atoms with Crippen molar-refractivity contribution in [3.05, 3.63) is 68.6 Å². The van der Waals surface area contributed by atoms with Gasteiger partial charge in [0.15, 0.2) is 0 Å². The van der Waals surface area contributed by atoms with Crippen molar-refractivity contribution in [2.45, 2.75) is 13.5 Å². The molecule has 1 aromatic carbocycles. The van der Waals surface area contributed by atoms with Crippen molar-refractivity contribution in [2.24, 2.45) is 25.8 Å². The summed E-state index contributed by atoms with van der Waals surface area (Å²) in [4.78, 5) is 0. The number of hydrazone groups is 1. The summed E-state index contributed by atoms with van der Waals surface area (Å²) in [5.41, 5.74) is 2.78. The van der Waals surface area contributed by atoms with Gasteiger partial charge in [0.1, 0.15) is 10.8 Å². The maximum atomic E-state index is 12.6. The van der Waals surface area contributed by atoms with Gasteiger partial charge in [-0.25, -0.2) is 0 Å². The number of rotatable bonds is 1. The first-order valence-corrected chi connectivity index (χ1v) is 8.31. The molecule has 0 atom stereocenters. The molecule has 0 spiro atoms. The Morgan fingerprint density at radius 2 is 1.93 bits per heavy atom. The van der Waals surface area contributed by atoms with Crippen LogP contribution in [0.15, 0.2) is 72.0 Å². The summed E-state index contributed by atoms with van der Waals surface area (Å²) in [5.74, 6) is -0.689. The topological polar surface area (TPSA) is 133 Å². The fourth-order valence-electron chi connectivity index (χ4n) is 3.06. The molecule has 0 N–H and O–H groups in total. The molecule has 10 nitrogen and oxygen atoms in total. The molecule has 0 radical (unpaired) electrons. The van der Waals surface area contributed by atoms with Crippen molar-refractivity contribution in [3.8, 4) is 0 Å². The van der Waals surface area contributed by atoms with Crippen LogP contribution in [0.3, 0.4) is 0 Å². The summed E-state index contributed by atoms with van der Waals surface area (Å²) in [6.45, 7) is 1.96. The number of benzene rings is 1. The second kappa shape index (κ2) is 5.98. The maximum Gasteiger partial charge on any atom is 0.504 e. The molecule has 0 saturated heterocycles. The summed E-state index contributed by atoms with van der Waals surface area (Å²) in [6, 6.07) is 8.92. The van der Waals surface area contributed by atoms with E-state index in [-0.39, 0.29) is 18.5 Å². The summed E-state index contributed by atoms with van der Waals surface area (Å²) in [5, 5.41) is 43.7. The van der Waals surface area contributed by atoms with Gasteiger partial charge in [-0.1, -0.05) is 12.1 Å². The quantitative estimate of drug-likeness (QED) is 0.619. The maximum absolute atomic E-state index is 12.6. The smallest absolute Gasteiger partial charge is 0.504 e. The van der Waals surface area contributed by atoms with E-state index in [1.807, 2.05) is 6.07 Å². The highest BCUT2D eigenvalue weighted by atomic mass is 16.6. The number of ether oxygens (including phenoxy) is 1. The molecule has 1 aromatic heterocycles. The average molecular weight is 375 g/mol. The summed E-state index contributed by atoms with van der Waals surface area (Å²) in [6.07, 6.45) is 1.61. The molecule has 0 saturated carbocycles. The number of furan rings is 1. The standard InChI is InChI=1S/C18H11N6O4/c1-9-14(16(25)24(21-9)18-19-22-23-20-18)7-12-3-5-15(28-12)10-2-4-13-11(6-10)8-27-17(13)26/h2-7H,8H2,1H3/q-1. The summed E-state index contributed by atoms with van der Waals surface area (Å²) in [7, 11) is 0. The van der Waals surface area contributed by atoms with Gasteiger partial charge in [-0.05, 0) is 36.8 Å². The molecule has 28 heavy (non-hydrogen) atoms. The number of allylic oxidation sites excluding steroid dienone is 1. The fourth-order valence-corrected chi connectivity index (χ4v) is 3.06. The van der Waals surface area contributed by atoms with Crippen molar-refractivity contribution < 1.29 is 24.1 Å². The molecule has 3 aliphatic heterocycles. The summed E-state index contributed by atoms with van der Waals surface area (Å²) >= 11 is 0. The molecule has 0 aliphatic carbocycles. The Kier molecular flexibility index (Phi) is 3.44. The van der Waals surface area contributed by atoms with Gasteiger partial charge < -0.3 is 19.4 Å². The molecular formula is C18H11N6O4-. The van der Waals surface area contributed by atoms with Crippen molar-refractivity contribution in [1.29, 1.82) is 0 Å². The van der Waals surface area contributed by atoms with Crippen LogP contribution in [0.2, 0.25) is 0 Å². The molecular weight excluding hydrogens is 364 g/mol. The van der Waals surface area contributed by atoms with Crippen LogP contribution in [-0.2, 0) is 11.3 Å². The van der Waals surface area contributed by atoms with Gasteiger partial charge in [0, 0.05) is 22.6 Å². The zero-order valence-electron chi connectivity index (χ0n) is 14.5. The van der Waals surface area contributed by atoms with Crippen LogP contribution < -0.4 is 20.8 Å². The highest BCUT2D eigenvalue weighted by Crippen LogP contribution is 2.16. The highest BCUT2D eigenvalue weighted by molar-refractivity contribution is 6.06. The van der Waals surface area contributed by atoms with Crippen molar-refractivity contribution in [2.75, 3.05) is 0 Å². The van der Waals surface area contributed by atoms with E-state index in [2.05, 4.69) is 25.8 Å². The molecule has 5 rings (SSSR count). The third-order valence-electron chi connectivity index (χ3n) is 4.44. The Bertz CT molecular complexity index is 1380. The third-order valence-corrected chi connectivity index (χ3v) is 4.44. The number of hydrogen-bond acceptors (Lipinski definition) is 7. The van der Waals surface area contributed by atoms with Gasteiger partial charge in [-0.2, -0.15) is 0 Å². The second-order valence-electron chi connectivity index (χ2n) is 6.19. The molecule has 0 amide bonds. The molecule has 0 unspecified atom stereocenters. The van der Waals surface area contributed by atoms with E-state index in [4.69, 9.17) is 9.15 Å². The number of nitrogens with zero attached hydrogens (tertiary/aromatic N) is 6. The van der Waals surface area contributed by atoms with Crippen LogP contribution in [0.4, 0.5) is 0 Å². The molecule has 3 aliphatic rings. The lowest BCUT2D eigenvalue weighted by molar-refractivity contribution is -0.603. The van der Waals surface area contributed by atoms with Gasteiger partial charge in [0.25, 0.3) is 0 Å². The highest BCUT2D eigenvalue weighted by Gasteiger charge is 2.25. The molecule has 138 valence electrons. The normalized spacial score (nSPS) is 19.7. The van der Waals surface area contributed by atoms with Gasteiger partial charge in [-0.15, -0.1) is 9.79 Å². The van der Waals surface area contributed by atoms with E-state index in [0.29, 0.717) is 27.3 Å². The van der Waals surface area contributed by atoms with E-state index in [1.165, 1.54) is 0 Å². The zero-order chi connectivity index (χ0) is 19.3. The third kappa shape index (κ3) is 2.50. The Morgan fingerprint density at radius 3 is 2.75 bits per heavy atom. The Labute approximate surface area is 156 Å². The minimum Gasteiger partial charge on any atom is -0.846 e. The number of hydrogen-bond donors (Lipinski definition) is 0. The van der Waals surface area contributed by atoms with E-state index >= 15 is 0 Å². The van der Waals surface area contributed by atoms with E-state index in [0.717, 1.165) is 15.5 Å². The molecule has 0 fully saturated rings. The zero-order valence-corrected chi connectivity index (χ0v) is 14.5. The first-order valence-electron chi connectivity index (χ1n) is 8.31. The Hall–Kier alpha value is -4.08. The lowest BCUT2D eigenvalue weighted by atomic mass is 10.1. The van der Waals surface area contributed by atoms with Crippen LogP contribution in [0, 0.1) is 10.6 Å². The predicted molar refractivity (Wildman–Crippen MR) is 89.8 cm³/mol. The SMILES string of the molecule is CC1=N[N+](=C2N=NN=N2)C([O-])=C1/C=c1\cc/c(=c2/ccc3c(c2)COC=3[O-])o1. The van der Waals surface area contributed by atoms with Gasteiger partial charge >= 0.3 is 5.96 Å². The van der Waals surface area contributed by atoms with Crippen LogP contribution in [0.1, 0.15) is 12.5 Å². The van der Waals surface area contributed by atoms with Crippen molar-refractivity contribution in [3.63, 3.8) is 0 Å². The Balaban J connectivity index is 1.62. The van der Waals surface area contributed by atoms with Crippen LogP contribution >= 0.6 is 0 Å². The first kappa shape index (κ1) is 16.1. The first-order chi connectivity index (χ1) is 13.6. The van der Waals surface area contributed by atoms with E-state index < -0.39 is 5.88 Å². The van der Waals surface area contributed by atoms with Gasteiger partial charge in [0.05, 0.1) is 38.2 Å². The number of guanidine groups is 1. The molecule has 2 aromatic rings. The predicted octanol–water partition coefficient (Wildman–Crippen LogP) is -0.534. The van der Waals surface area contributed by atoms with E-state index in [1.54, 1.807) is 37.3 Å². The van der Waals surface area contributed by atoms with E-state index in [9.17, 15) is 10.2 Å². The largest absolute Gasteiger partial charge is 0.846 e.